The Hall–Kier alpha value is -3.34. The van der Waals surface area contributed by atoms with Crippen LogP contribution < -0.4 is 9.47 Å². The number of hydrogen-bond donors (Lipinski definition) is 8. The first-order valence-corrected chi connectivity index (χ1v) is 20.9. The van der Waals surface area contributed by atoms with Crippen molar-refractivity contribution in [3.8, 4) is 11.5 Å². The largest absolute Gasteiger partial charge is 0.494 e. The normalized spacial score (nSPS) is 28.6. The van der Waals surface area contributed by atoms with Gasteiger partial charge in [0.05, 0.1) is 25.4 Å². The molecule has 2 aliphatic carbocycles. The Morgan fingerprint density at radius 3 is 1.18 bits per heavy atom. The zero-order valence-corrected chi connectivity index (χ0v) is 35.8. The second-order valence-corrected chi connectivity index (χ2v) is 16.3. The van der Waals surface area contributed by atoms with Gasteiger partial charge in [0.15, 0.2) is 0 Å². The van der Waals surface area contributed by atoms with Crippen molar-refractivity contribution in [3.63, 3.8) is 0 Å². The van der Waals surface area contributed by atoms with E-state index in [1.54, 1.807) is 24.3 Å². The number of halogens is 2. The Morgan fingerprint density at radius 1 is 0.541 bits per heavy atom. The van der Waals surface area contributed by atoms with Gasteiger partial charge in [0.25, 0.3) is 0 Å². The second kappa shape index (κ2) is 22.3. The monoisotopic (exact) mass is 888 g/mol. The minimum absolute atomic E-state index is 0. The molecule has 0 radical (unpaired) electrons. The van der Waals surface area contributed by atoms with Crippen molar-refractivity contribution in [2.75, 3.05) is 40.6 Å². The van der Waals surface area contributed by atoms with Crippen molar-refractivity contribution < 1.29 is 59.8 Å². The van der Waals surface area contributed by atoms with Crippen molar-refractivity contribution in [2.45, 2.75) is 94.8 Å². The fourth-order valence-corrected chi connectivity index (χ4v) is 8.81. The summed E-state index contributed by atoms with van der Waals surface area (Å²) in [5.41, 5.74) is 2.47. The SMILES string of the molecule is C.CCOc1ccc(Cc2cc([C@]3(OC)C[C@H](CO)[C@@H](O)[C@H](O)[C@H]3O)ccc2Cl)cc1.CCOc1ccc(Cc2cc([C@]3(OC)C[C@H](CO)[C@@H](O)[C@H](O)[C@H]3O)ccc2Cl)cc1. The number of methoxy groups -OCH3 is 2. The number of benzene rings is 4. The number of rotatable bonds is 14. The molecule has 12 nitrogen and oxygen atoms in total. The molecule has 0 unspecified atom stereocenters. The third-order valence-corrected chi connectivity index (χ3v) is 12.7. The lowest BCUT2D eigenvalue weighted by molar-refractivity contribution is -0.224. The predicted octanol–water partition coefficient (Wildman–Crippen LogP) is 5.17. The van der Waals surface area contributed by atoms with Crippen LogP contribution in [-0.2, 0) is 33.5 Å². The molecular weight excluding hydrogens is 827 g/mol. The summed E-state index contributed by atoms with van der Waals surface area (Å²) in [4.78, 5) is 0. The van der Waals surface area contributed by atoms with E-state index in [9.17, 15) is 40.9 Å². The summed E-state index contributed by atoms with van der Waals surface area (Å²) < 4.78 is 22.4. The first kappa shape index (κ1) is 50.3. The quantitative estimate of drug-likeness (QED) is 0.0829. The van der Waals surface area contributed by atoms with Gasteiger partial charge in [-0.25, -0.2) is 0 Å². The van der Waals surface area contributed by atoms with Crippen LogP contribution in [0.1, 0.15) is 67.5 Å². The van der Waals surface area contributed by atoms with Gasteiger partial charge in [-0.3, -0.25) is 0 Å². The van der Waals surface area contributed by atoms with E-state index >= 15 is 0 Å². The Bertz CT molecular complexity index is 1820. The molecule has 2 aliphatic rings. The van der Waals surface area contributed by atoms with Crippen LogP contribution in [0.5, 0.6) is 11.5 Å². The van der Waals surface area contributed by atoms with E-state index in [4.69, 9.17) is 42.1 Å². The Morgan fingerprint density at radius 2 is 0.885 bits per heavy atom. The van der Waals surface area contributed by atoms with E-state index in [-0.39, 0.29) is 33.5 Å². The summed E-state index contributed by atoms with van der Waals surface area (Å²) in [6.07, 6.45) is -6.64. The smallest absolute Gasteiger partial charge is 0.122 e. The van der Waals surface area contributed by atoms with Gasteiger partial charge in [-0.15, -0.1) is 0 Å². The molecule has 14 heteroatoms. The van der Waals surface area contributed by atoms with E-state index in [1.165, 1.54) is 14.2 Å². The molecule has 0 spiro atoms. The molecule has 2 fully saturated rings. The van der Waals surface area contributed by atoms with E-state index in [1.807, 2.05) is 74.5 Å². The third kappa shape index (κ3) is 10.9. The van der Waals surface area contributed by atoms with Crippen molar-refractivity contribution in [2.24, 2.45) is 11.8 Å². The van der Waals surface area contributed by atoms with E-state index in [2.05, 4.69) is 0 Å². The molecule has 0 saturated heterocycles. The van der Waals surface area contributed by atoms with Crippen molar-refractivity contribution >= 4 is 23.2 Å². The van der Waals surface area contributed by atoms with Gasteiger partial charge in [0, 0.05) is 49.3 Å². The van der Waals surface area contributed by atoms with Crippen LogP contribution in [-0.4, -0.2) is 118 Å². The molecule has 6 rings (SSSR count). The lowest BCUT2D eigenvalue weighted by atomic mass is 9.69. The fraction of sp³-hybridized carbons (Fsp3) is 0.489. The highest BCUT2D eigenvalue weighted by Crippen LogP contribution is 2.45. The van der Waals surface area contributed by atoms with E-state index in [0.29, 0.717) is 47.2 Å². The van der Waals surface area contributed by atoms with Gasteiger partial charge < -0.3 is 59.8 Å². The summed E-state index contributed by atoms with van der Waals surface area (Å²) in [6, 6.07) is 26.2. The maximum atomic E-state index is 10.8. The molecule has 0 aromatic heterocycles. The second-order valence-electron chi connectivity index (χ2n) is 15.5. The topological polar surface area (TPSA) is 199 Å². The predicted molar refractivity (Wildman–Crippen MR) is 234 cm³/mol. The number of hydrogen-bond acceptors (Lipinski definition) is 12. The van der Waals surface area contributed by atoms with Gasteiger partial charge in [0.2, 0.25) is 0 Å². The minimum atomic E-state index is -1.44. The van der Waals surface area contributed by atoms with Crippen LogP contribution in [0.15, 0.2) is 84.9 Å². The molecular formula is C47H62Cl2O12. The van der Waals surface area contributed by atoms with Crippen molar-refractivity contribution in [3.05, 3.63) is 128 Å². The average molecular weight is 890 g/mol. The molecule has 4 aromatic carbocycles. The average Bonchev–Trinajstić information content (AvgIpc) is 3.26. The number of aliphatic hydroxyl groups excluding tert-OH is 8. The molecule has 0 bridgehead atoms. The zero-order valence-electron chi connectivity index (χ0n) is 34.3. The molecule has 8 N–H and O–H groups in total. The van der Waals surface area contributed by atoms with Crippen LogP contribution in [0, 0.1) is 11.8 Å². The first-order valence-electron chi connectivity index (χ1n) is 20.1. The van der Waals surface area contributed by atoms with Crippen LogP contribution in [0.2, 0.25) is 10.0 Å². The summed E-state index contributed by atoms with van der Waals surface area (Å²) in [7, 11) is 2.89. The van der Waals surface area contributed by atoms with Gasteiger partial charge >= 0.3 is 0 Å². The fourth-order valence-electron chi connectivity index (χ4n) is 8.44. The zero-order chi connectivity index (χ0) is 43.8. The minimum Gasteiger partial charge on any atom is -0.494 e. The number of ether oxygens (including phenoxy) is 4. The molecule has 0 aliphatic heterocycles. The molecule has 336 valence electrons. The Balaban J connectivity index is 0.000000264. The van der Waals surface area contributed by atoms with E-state index in [0.717, 1.165) is 33.8 Å². The maximum absolute atomic E-state index is 10.8. The number of aliphatic hydroxyl groups is 8. The van der Waals surface area contributed by atoms with E-state index < -0.39 is 59.7 Å². The van der Waals surface area contributed by atoms with Gasteiger partial charge in [-0.2, -0.15) is 0 Å². The van der Waals surface area contributed by atoms with Crippen LogP contribution in [0.25, 0.3) is 0 Å². The highest BCUT2D eigenvalue weighted by Gasteiger charge is 2.55. The molecule has 61 heavy (non-hydrogen) atoms. The molecule has 10 atom stereocenters. The summed E-state index contributed by atoms with van der Waals surface area (Å²) in [5.74, 6) is 0.335. The van der Waals surface area contributed by atoms with Crippen LogP contribution >= 0.6 is 23.2 Å². The van der Waals surface area contributed by atoms with Gasteiger partial charge in [-0.05, 0) is 109 Å². The maximum Gasteiger partial charge on any atom is 0.122 e. The van der Waals surface area contributed by atoms with Gasteiger partial charge in [0.1, 0.15) is 47.1 Å². The highest BCUT2D eigenvalue weighted by molar-refractivity contribution is 6.31. The van der Waals surface area contributed by atoms with Crippen LogP contribution in [0.3, 0.4) is 0 Å². The standard InChI is InChI=1S/2C23H29ClO6.CH4/c2*1-3-30-18-7-4-14(5-8-18)10-15-11-17(6-9-19(15)24)23(29-2)12-16(13-25)20(26)21(27)22(23)28;/h2*4-9,11,16,20-22,25-28H,3,10,12-13H2,1-2H3;1H4/t2*16-,20-,21+,22-,23-;/m11./s1. The van der Waals surface area contributed by atoms with Crippen LogP contribution in [0.4, 0.5) is 0 Å². The third-order valence-electron chi connectivity index (χ3n) is 11.9. The summed E-state index contributed by atoms with van der Waals surface area (Å²) in [6.45, 7) is 4.41. The lowest BCUT2D eigenvalue weighted by Crippen LogP contribution is -2.60. The highest BCUT2D eigenvalue weighted by atomic mass is 35.5. The molecule has 4 aromatic rings. The summed E-state index contributed by atoms with van der Waals surface area (Å²) in [5, 5.41) is 83.2. The molecule has 0 heterocycles. The molecule has 0 amide bonds. The lowest BCUT2D eigenvalue weighted by Gasteiger charge is -2.48. The Labute approximate surface area is 368 Å². The Kier molecular flexibility index (Phi) is 18.4. The first-order chi connectivity index (χ1) is 28.7. The van der Waals surface area contributed by atoms with Gasteiger partial charge in [-0.1, -0.05) is 79.2 Å². The summed E-state index contributed by atoms with van der Waals surface area (Å²) >= 11 is 12.9. The molecule has 2 saturated carbocycles. The van der Waals surface area contributed by atoms with Crippen molar-refractivity contribution in [1.29, 1.82) is 0 Å². The van der Waals surface area contributed by atoms with Crippen molar-refractivity contribution in [1.82, 2.24) is 0 Å².